The first-order chi connectivity index (χ1) is 15.4. The molecule has 6 nitrogen and oxygen atoms in total. The van der Waals surface area contributed by atoms with Crippen LogP contribution in [-0.4, -0.2) is 51.7 Å². The quantitative estimate of drug-likeness (QED) is 0.109. The summed E-state index contributed by atoms with van der Waals surface area (Å²) in [5, 5.41) is 0. The summed E-state index contributed by atoms with van der Waals surface area (Å²) in [7, 11) is -8.18. The van der Waals surface area contributed by atoms with E-state index in [1.54, 1.807) is 0 Å². The molecule has 0 aromatic rings. The Morgan fingerprint density at radius 3 is 0.588 bits per heavy atom. The van der Waals surface area contributed by atoms with Crippen LogP contribution in [0.5, 0.6) is 0 Å². The van der Waals surface area contributed by atoms with Gasteiger partial charge in [0, 0.05) is 54.0 Å². The van der Waals surface area contributed by atoms with Crippen molar-refractivity contribution in [1.29, 1.82) is 0 Å². The molecule has 0 aliphatic rings. The molecule has 0 aliphatic heterocycles. The van der Waals surface area contributed by atoms with Crippen molar-refractivity contribution in [3.63, 3.8) is 0 Å². The molecule has 0 saturated heterocycles. The first-order valence-corrected chi connectivity index (χ1v) is 19.4. The maximum absolute atomic E-state index is 11.3. The van der Waals surface area contributed by atoms with Gasteiger partial charge in [0.1, 0.15) is 0 Å². The molecule has 0 radical (unpaired) electrons. The molecule has 0 aromatic carbocycles. The molecule has 0 fully saturated rings. The van der Waals surface area contributed by atoms with Crippen molar-refractivity contribution >= 4 is 22.1 Å². The average molecular weight is 590 g/mol. The minimum Gasteiger partial charge on any atom is -0.344 e. The van der Waals surface area contributed by atoms with E-state index in [0.717, 1.165) is 77.0 Å². The zero-order valence-electron chi connectivity index (χ0n) is 23.0. The molecule has 212 valence electrons. The summed E-state index contributed by atoms with van der Waals surface area (Å²) in [6.45, 7) is 12.2. The van der Waals surface area contributed by atoms with Gasteiger partial charge in [0.15, 0.2) is 0 Å². The predicted octanol–water partition coefficient (Wildman–Crippen LogP) is 8.57. The molecular formula is C24H57FeO6P3. The third-order valence-corrected chi connectivity index (χ3v) is 11.3. The van der Waals surface area contributed by atoms with Crippen LogP contribution in [0.3, 0.4) is 0 Å². The molecule has 34 heavy (non-hydrogen) atoms. The zero-order chi connectivity index (χ0) is 26.2. The van der Waals surface area contributed by atoms with Crippen LogP contribution in [0.2, 0.25) is 0 Å². The van der Waals surface area contributed by atoms with Gasteiger partial charge < -0.3 is 14.7 Å². The molecule has 0 aliphatic carbocycles. The Kier molecular flexibility index (Phi) is 33.7. The van der Waals surface area contributed by atoms with Crippen molar-refractivity contribution in [2.45, 2.75) is 119 Å². The van der Waals surface area contributed by atoms with Crippen molar-refractivity contribution in [3.05, 3.63) is 0 Å². The minimum absolute atomic E-state index is 0. The van der Waals surface area contributed by atoms with Crippen LogP contribution in [0.25, 0.3) is 0 Å². The third-order valence-electron chi connectivity index (χ3n) is 5.17. The van der Waals surface area contributed by atoms with Crippen LogP contribution in [0.4, 0.5) is 0 Å². The molecule has 0 saturated carbocycles. The van der Waals surface area contributed by atoms with Gasteiger partial charge in [-0.25, -0.2) is 0 Å². The van der Waals surface area contributed by atoms with Crippen molar-refractivity contribution in [2.24, 2.45) is 0 Å². The number of unbranched alkanes of at least 4 members (excludes halogenated alkanes) is 6. The van der Waals surface area contributed by atoms with Gasteiger partial charge in [0.25, 0.3) is 0 Å². The summed E-state index contributed by atoms with van der Waals surface area (Å²) in [5.74, 6) is 0. The van der Waals surface area contributed by atoms with Gasteiger partial charge in [0.2, 0.25) is 22.1 Å². The SMILES string of the molecule is CCCCP(=O)(O)CCCC.CCCCP(=O)(O)CCCC.CCCCP(=O)(O)CCCC.[Fe]. The van der Waals surface area contributed by atoms with E-state index in [1.807, 2.05) is 41.5 Å². The molecule has 0 aromatic heterocycles. The fraction of sp³-hybridized carbons (Fsp3) is 1.00. The fourth-order valence-electron chi connectivity index (χ4n) is 2.77. The Bertz CT molecular complexity index is 449. The topological polar surface area (TPSA) is 112 Å². The Morgan fingerprint density at radius 1 is 0.382 bits per heavy atom. The second kappa shape index (κ2) is 27.1. The van der Waals surface area contributed by atoms with Crippen molar-refractivity contribution < 1.29 is 45.4 Å². The number of hydrogen-bond acceptors (Lipinski definition) is 3. The first kappa shape index (κ1) is 42.2. The van der Waals surface area contributed by atoms with Gasteiger partial charge in [-0.2, -0.15) is 0 Å². The maximum atomic E-state index is 11.3. The van der Waals surface area contributed by atoms with E-state index >= 15 is 0 Å². The van der Waals surface area contributed by atoms with Gasteiger partial charge in [-0.15, -0.1) is 0 Å². The molecule has 0 spiro atoms. The molecule has 0 unspecified atom stereocenters. The third kappa shape index (κ3) is 35.3. The Balaban J connectivity index is -0.000000196. The smallest absolute Gasteiger partial charge is 0.200 e. The van der Waals surface area contributed by atoms with E-state index in [9.17, 15) is 28.4 Å². The molecule has 0 atom stereocenters. The molecule has 10 heteroatoms. The Hall–Kier alpha value is 1.09. The second-order valence-corrected chi connectivity index (χ2v) is 16.8. The largest absolute Gasteiger partial charge is 0.344 e. The molecule has 0 heterocycles. The number of rotatable bonds is 18. The standard InChI is InChI=1S/3C8H19O2P.Fe/c3*1-3-5-7-11(9,10)8-6-4-2;/h3*3-8H2,1-2H3,(H,9,10);. The molecule has 0 bridgehead atoms. The van der Waals surface area contributed by atoms with Crippen LogP contribution in [0.1, 0.15) is 119 Å². The number of hydrogen-bond donors (Lipinski definition) is 3. The van der Waals surface area contributed by atoms with Crippen LogP contribution in [0, 0.1) is 0 Å². The van der Waals surface area contributed by atoms with Gasteiger partial charge in [-0.1, -0.05) is 80.1 Å². The molecule has 0 rings (SSSR count). The van der Waals surface area contributed by atoms with Crippen LogP contribution >= 0.6 is 22.1 Å². The van der Waals surface area contributed by atoms with E-state index in [2.05, 4.69) is 0 Å². The molecular weight excluding hydrogens is 533 g/mol. The Labute approximate surface area is 222 Å². The summed E-state index contributed by atoms with van der Waals surface area (Å²) in [6, 6.07) is 0. The summed E-state index contributed by atoms with van der Waals surface area (Å²) in [6.07, 6.45) is 14.5. The monoisotopic (exact) mass is 590 g/mol. The average Bonchev–Trinajstić information content (AvgIpc) is 2.77. The summed E-state index contributed by atoms with van der Waals surface area (Å²) in [5.41, 5.74) is 0. The summed E-state index contributed by atoms with van der Waals surface area (Å²) < 4.78 is 33.9. The van der Waals surface area contributed by atoms with E-state index in [0.29, 0.717) is 37.0 Å². The summed E-state index contributed by atoms with van der Waals surface area (Å²) in [4.78, 5) is 28.0. The van der Waals surface area contributed by atoms with Gasteiger partial charge in [-0.3, -0.25) is 13.7 Å². The second-order valence-electron chi connectivity index (χ2n) is 9.00. The van der Waals surface area contributed by atoms with E-state index < -0.39 is 22.1 Å². The van der Waals surface area contributed by atoms with E-state index in [4.69, 9.17) is 0 Å². The Morgan fingerprint density at radius 2 is 0.500 bits per heavy atom. The van der Waals surface area contributed by atoms with Crippen LogP contribution < -0.4 is 0 Å². The van der Waals surface area contributed by atoms with Crippen LogP contribution in [-0.2, 0) is 30.8 Å². The van der Waals surface area contributed by atoms with E-state index in [1.165, 1.54) is 0 Å². The molecule has 0 amide bonds. The first-order valence-electron chi connectivity index (χ1n) is 13.3. The van der Waals surface area contributed by atoms with E-state index in [-0.39, 0.29) is 17.1 Å². The van der Waals surface area contributed by atoms with Crippen molar-refractivity contribution in [2.75, 3.05) is 37.0 Å². The van der Waals surface area contributed by atoms with Crippen LogP contribution in [0.15, 0.2) is 0 Å². The normalized spacial score (nSPS) is 11.6. The van der Waals surface area contributed by atoms with Gasteiger partial charge in [-0.05, 0) is 38.5 Å². The van der Waals surface area contributed by atoms with Gasteiger partial charge >= 0.3 is 0 Å². The van der Waals surface area contributed by atoms with Gasteiger partial charge in [0.05, 0.1) is 0 Å². The predicted molar refractivity (Wildman–Crippen MR) is 148 cm³/mol. The zero-order valence-corrected chi connectivity index (χ0v) is 26.8. The van der Waals surface area contributed by atoms with Crippen molar-refractivity contribution in [1.82, 2.24) is 0 Å². The maximum Gasteiger partial charge on any atom is 0.200 e. The fourth-order valence-corrected chi connectivity index (χ4v) is 8.30. The molecule has 3 N–H and O–H groups in total. The minimum atomic E-state index is -2.73. The van der Waals surface area contributed by atoms with Crippen molar-refractivity contribution in [3.8, 4) is 0 Å². The summed E-state index contributed by atoms with van der Waals surface area (Å²) >= 11 is 0.